The topological polar surface area (TPSA) is 71.6 Å². The average molecular weight is 423 g/mol. The minimum absolute atomic E-state index is 0. The third kappa shape index (κ3) is 5.49. The third-order valence-electron chi connectivity index (χ3n) is 5.79. The number of methoxy groups -OCH3 is 1. The van der Waals surface area contributed by atoms with E-state index in [1.54, 1.807) is 7.11 Å². The zero-order chi connectivity index (χ0) is 19.2. The fourth-order valence-corrected chi connectivity index (χ4v) is 4.17. The highest BCUT2D eigenvalue weighted by Crippen LogP contribution is 2.25. The van der Waals surface area contributed by atoms with Gasteiger partial charge >= 0.3 is 0 Å². The van der Waals surface area contributed by atoms with Crippen LogP contribution in [0.15, 0.2) is 30.5 Å². The Morgan fingerprint density at radius 1 is 1.21 bits per heavy atom. The smallest absolute Gasteiger partial charge is 0.118 e. The number of rotatable bonds is 8. The number of nitrogens with one attached hydrogen (secondary N) is 2. The summed E-state index contributed by atoms with van der Waals surface area (Å²) in [5.74, 6) is 1.45. The molecule has 29 heavy (non-hydrogen) atoms. The Bertz CT molecular complexity index is 728. The van der Waals surface area contributed by atoms with Gasteiger partial charge in [-0.3, -0.25) is 10.00 Å². The van der Waals surface area contributed by atoms with E-state index < -0.39 is 0 Å². The molecule has 2 aliphatic heterocycles. The van der Waals surface area contributed by atoms with Gasteiger partial charge in [-0.15, -0.1) is 12.4 Å². The van der Waals surface area contributed by atoms with Gasteiger partial charge < -0.3 is 19.5 Å². The molecule has 0 bridgehead atoms. The lowest BCUT2D eigenvalue weighted by Gasteiger charge is -2.37. The van der Waals surface area contributed by atoms with Gasteiger partial charge in [0.25, 0.3) is 0 Å². The second-order valence-electron chi connectivity index (χ2n) is 7.47. The van der Waals surface area contributed by atoms with Crippen molar-refractivity contribution >= 4 is 12.4 Å². The molecule has 160 valence electrons. The van der Waals surface area contributed by atoms with Crippen LogP contribution >= 0.6 is 12.4 Å². The summed E-state index contributed by atoms with van der Waals surface area (Å²) in [4.78, 5) is 2.57. The minimum atomic E-state index is 0. The summed E-state index contributed by atoms with van der Waals surface area (Å²) in [6.07, 6.45) is 3.06. The number of H-pyrrole nitrogens is 1. The maximum Gasteiger partial charge on any atom is 0.118 e. The highest BCUT2D eigenvalue weighted by Gasteiger charge is 2.31. The molecule has 3 heterocycles. The van der Waals surface area contributed by atoms with Crippen LogP contribution in [-0.2, 0) is 16.0 Å². The zero-order valence-electron chi connectivity index (χ0n) is 16.9. The molecule has 0 spiro atoms. The highest BCUT2D eigenvalue weighted by atomic mass is 35.5. The Morgan fingerprint density at radius 3 is 2.69 bits per heavy atom. The van der Waals surface area contributed by atoms with Gasteiger partial charge in [-0.2, -0.15) is 5.10 Å². The van der Waals surface area contributed by atoms with Crippen molar-refractivity contribution in [2.45, 2.75) is 19.0 Å². The fraction of sp³-hybridized carbons (Fsp3) is 0.571. The number of morpholine rings is 1. The van der Waals surface area contributed by atoms with E-state index in [1.807, 2.05) is 18.3 Å². The van der Waals surface area contributed by atoms with Gasteiger partial charge in [0.15, 0.2) is 0 Å². The van der Waals surface area contributed by atoms with Crippen molar-refractivity contribution in [3.05, 3.63) is 36.0 Å². The number of benzene rings is 1. The molecule has 0 radical (unpaired) electrons. The van der Waals surface area contributed by atoms with Gasteiger partial charge in [0.1, 0.15) is 5.75 Å². The van der Waals surface area contributed by atoms with E-state index in [0.717, 1.165) is 76.0 Å². The number of aromatic amines is 1. The van der Waals surface area contributed by atoms with Crippen LogP contribution in [0, 0.1) is 5.92 Å². The predicted octanol–water partition coefficient (Wildman–Crippen LogP) is 2.33. The Hall–Kier alpha value is -1.64. The largest absolute Gasteiger partial charge is 0.497 e. The number of aromatic nitrogens is 2. The van der Waals surface area contributed by atoms with E-state index >= 15 is 0 Å². The second-order valence-corrected chi connectivity index (χ2v) is 7.47. The maximum atomic E-state index is 5.67. The number of hydrogen-bond acceptors (Lipinski definition) is 6. The molecule has 0 amide bonds. The molecule has 8 heteroatoms. The van der Waals surface area contributed by atoms with Crippen LogP contribution in [0.5, 0.6) is 5.75 Å². The van der Waals surface area contributed by atoms with Crippen LogP contribution < -0.4 is 10.1 Å². The first-order chi connectivity index (χ1) is 13.8. The maximum absolute atomic E-state index is 5.67. The van der Waals surface area contributed by atoms with E-state index in [4.69, 9.17) is 14.2 Å². The summed E-state index contributed by atoms with van der Waals surface area (Å²) in [7, 11) is 1.68. The Kier molecular flexibility index (Phi) is 8.32. The van der Waals surface area contributed by atoms with Crippen LogP contribution in [0.2, 0.25) is 0 Å². The lowest BCUT2D eigenvalue weighted by molar-refractivity contribution is 0.00137. The van der Waals surface area contributed by atoms with E-state index in [-0.39, 0.29) is 12.4 Å². The van der Waals surface area contributed by atoms with Gasteiger partial charge in [-0.25, -0.2) is 0 Å². The summed E-state index contributed by atoms with van der Waals surface area (Å²) in [6, 6.07) is 8.55. The molecule has 7 nitrogen and oxygen atoms in total. The van der Waals surface area contributed by atoms with Crippen LogP contribution in [-0.4, -0.2) is 74.3 Å². The molecule has 2 saturated heterocycles. The predicted molar refractivity (Wildman–Crippen MR) is 115 cm³/mol. The first kappa shape index (κ1) is 22.1. The second kappa shape index (κ2) is 10.9. The zero-order valence-corrected chi connectivity index (χ0v) is 17.7. The third-order valence-corrected chi connectivity index (χ3v) is 5.79. The highest BCUT2D eigenvalue weighted by molar-refractivity contribution is 5.85. The van der Waals surface area contributed by atoms with Crippen molar-refractivity contribution in [2.75, 3.05) is 53.2 Å². The number of hydrogen-bond donors (Lipinski definition) is 2. The Labute approximate surface area is 178 Å². The monoisotopic (exact) mass is 422 g/mol. The van der Waals surface area contributed by atoms with Crippen LogP contribution in [0.4, 0.5) is 0 Å². The lowest BCUT2D eigenvalue weighted by atomic mass is 9.96. The van der Waals surface area contributed by atoms with Crippen LogP contribution in [0.3, 0.4) is 0 Å². The summed E-state index contributed by atoms with van der Waals surface area (Å²) in [6.45, 7) is 7.15. The fourth-order valence-electron chi connectivity index (χ4n) is 4.17. The van der Waals surface area contributed by atoms with E-state index in [9.17, 15) is 0 Å². The van der Waals surface area contributed by atoms with E-state index in [0.29, 0.717) is 12.0 Å². The SMILES string of the molecule is COc1ccc(-c2[nH]ncc2CNCC(C2CCOC2)N2CCOCC2)cc1.Cl. The molecule has 2 aromatic rings. The van der Waals surface area contributed by atoms with Crippen LogP contribution in [0.25, 0.3) is 11.3 Å². The normalized spacial score (nSPS) is 20.9. The van der Waals surface area contributed by atoms with Gasteiger partial charge in [0.2, 0.25) is 0 Å². The Morgan fingerprint density at radius 2 is 2.00 bits per heavy atom. The molecular formula is C21H31ClN4O3. The van der Waals surface area contributed by atoms with E-state index in [2.05, 4.69) is 32.5 Å². The van der Waals surface area contributed by atoms with Crippen molar-refractivity contribution in [1.82, 2.24) is 20.4 Å². The number of nitrogens with zero attached hydrogens (tertiary/aromatic N) is 2. The first-order valence-corrected chi connectivity index (χ1v) is 10.1. The van der Waals surface area contributed by atoms with Crippen LogP contribution in [0.1, 0.15) is 12.0 Å². The van der Waals surface area contributed by atoms with Crippen molar-refractivity contribution in [3.63, 3.8) is 0 Å². The molecular weight excluding hydrogens is 392 g/mol. The number of ether oxygens (including phenoxy) is 3. The molecule has 2 aliphatic rings. The van der Waals surface area contributed by atoms with Gasteiger partial charge in [-0.05, 0) is 30.7 Å². The lowest BCUT2D eigenvalue weighted by Crippen LogP contribution is -2.51. The average Bonchev–Trinajstić information content (AvgIpc) is 3.44. The van der Waals surface area contributed by atoms with Crippen molar-refractivity contribution in [3.8, 4) is 17.0 Å². The van der Waals surface area contributed by atoms with E-state index in [1.165, 1.54) is 5.56 Å². The molecule has 2 atom stereocenters. The Balaban J connectivity index is 0.00000240. The summed E-state index contributed by atoms with van der Waals surface area (Å²) < 4.78 is 16.5. The quantitative estimate of drug-likeness (QED) is 0.680. The molecule has 1 aromatic carbocycles. The van der Waals surface area contributed by atoms with Crippen molar-refractivity contribution in [1.29, 1.82) is 0 Å². The summed E-state index contributed by atoms with van der Waals surface area (Å²) in [5, 5.41) is 11.1. The molecule has 2 fully saturated rings. The molecule has 0 aliphatic carbocycles. The standard InChI is InChI=1S/C21H30N4O3.ClH/c1-26-19-4-2-16(3-5-19)21-18(13-23-24-21)12-22-14-20(17-6-9-28-15-17)25-7-10-27-11-8-25;/h2-5,13,17,20,22H,6-12,14-15H2,1H3,(H,23,24);1H. The van der Waals surface area contributed by atoms with Gasteiger partial charge in [0, 0.05) is 55.9 Å². The van der Waals surface area contributed by atoms with Crippen molar-refractivity contribution < 1.29 is 14.2 Å². The van der Waals surface area contributed by atoms with Crippen molar-refractivity contribution in [2.24, 2.45) is 5.92 Å². The molecule has 2 unspecified atom stereocenters. The first-order valence-electron chi connectivity index (χ1n) is 10.1. The molecule has 2 N–H and O–H groups in total. The summed E-state index contributed by atoms with van der Waals surface area (Å²) in [5.41, 5.74) is 3.35. The van der Waals surface area contributed by atoms with Gasteiger partial charge in [0.05, 0.1) is 38.8 Å². The van der Waals surface area contributed by atoms with Gasteiger partial charge in [-0.1, -0.05) is 0 Å². The minimum Gasteiger partial charge on any atom is -0.497 e. The number of halogens is 1. The molecule has 4 rings (SSSR count). The molecule has 0 saturated carbocycles. The summed E-state index contributed by atoms with van der Waals surface area (Å²) >= 11 is 0. The molecule has 1 aromatic heterocycles.